The monoisotopic (exact) mass is 293 g/mol. The Kier molecular flexibility index (Phi) is 8.11. The first-order valence-corrected chi connectivity index (χ1v) is 5.62. The van der Waals surface area contributed by atoms with Crippen LogP contribution >= 0.6 is 24.8 Å². The molecule has 0 radical (unpaired) electrons. The van der Waals surface area contributed by atoms with Gasteiger partial charge in [-0.3, -0.25) is 10.3 Å². The van der Waals surface area contributed by atoms with E-state index < -0.39 is 0 Å². The number of likely N-dealkylation sites (N-methyl/N-ethyl adjacent to an activating group) is 1. The molecule has 1 aromatic carbocycles. The topological polar surface area (TPSA) is 27.7 Å². The summed E-state index contributed by atoms with van der Waals surface area (Å²) in [5.74, 6) is 0. The number of benzene rings is 1. The van der Waals surface area contributed by atoms with Gasteiger partial charge in [0.2, 0.25) is 0 Å². The van der Waals surface area contributed by atoms with E-state index in [4.69, 9.17) is 4.84 Å². The van der Waals surface area contributed by atoms with E-state index in [1.54, 1.807) is 7.11 Å². The lowest BCUT2D eigenvalue weighted by molar-refractivity contribution is 0.271. The molecule has 0 bridgehead atoms. The summed E-state index contributed by atoms with van der Waals surface area (Å²) in [5, 5.41) is 0. The highest BCUT2D eigenvalue weighted by Gasteiger charge is 2.14. The van der Waals surface area contributed by atoms with E-state index in [1.165, 1.54) is 5.69 Å². The van der Waals surface area contributed by atoms with Crippen molar-refractivity contribution in [2.75, 3.05) is 50.7 Å². The molecule has 0 atom stereocenters. The molecular formula is C12H21Cl2N3O. The van der Waals surface area contributed by atoms with Gasteiger partial charge in [-0.1, -0.05) is 6.07 Å². The molecule has 1 aromatic rings. The first kappa shape index (κ1) is 17.3. The molecule has 6 heteroatoms. The Morgan fingerprint density at radius 2 is 1.78 bits per heavy atom. The van der Waals surface area contributed by atoms with Gasteiger partial charge in [-0.05, 0) is 25.2 Å². The SMILES string of the molecule is CONc1cccc(N2CCN(C)CC2)c1.Cl.Cl. The normalized spacial score (nSPS) is 15.6. The van der Waals surface area contributed by atoms with Gasteiger partial charge in [0.15, 0.2) is 0 Å². The van der Waals surface area contributed by atoms with Crippen molar-refractivity contribution in [1.82, 2.24) is 4.90 Å². The van der Waals surface area contributed by atoms with Crippen LogP contribution in [0, 0.1) is 0 Å². The number of nitrogens with one attached hydrogen (secondary N) is 1. The highest BCUT2D eigenvalue weighted by Crippen LogP contribution is 2.20. The minimum atomic E-state index is 0. The molecule has 2 rings (SSSR count). The lowest BCUT2D eigenvalue weighted by Gasteiger charge is -2.34. The number of hydrogen-bond donors (Lipinski definition) is 1. The Morgan fingerprint density at radius 3 is 2.39 bits per heavy atom. The molecule has 1 heterocycles. The average molecular weight is 294 g/mol. The zero-order valence-corrected chi connectivity index (χ0v) is 12.4. The Labute approximate surface area is 121 Å². The minimum absolute atomic E-state index is 0. The second-order valence-corrected chi connectivity index (χ2v) is 4.15. The Hall–Kier alpha value is -0.680. The van der Waals surface area contributed by atoms with Crippen molar-refractivity contribution in [1.29, 1.82) is 0 Å². The van der Waals surface area contributed by atoms with Crippen LogP contribution in [0.2, 0.25) is 0 Å². The fourth-order valence-corrected chi connectivity index (χ4v) is 1.95. The van der Waals surface area contributed by atoms with Crippen molar-refractivity contribution in [2.24, 2.45) is 0 Å². The number of hydrogen-bond acceptors (Lipinski definition) is 4. The molecule has 0 saturated carbocycles. The van der Waals surface area contributed by atoms with Gasteiger partial charge < -0.3 is 9.80 Å². The summed E-state index contributed by atoms with van der Waals surface area (Å²) in [6, 6.07) is 8.32. The molecule has 0 amide bonds. The number of anilines is 2. The van der Waals surface area contributed by atoms with Gasteiger partial charge in [0.25, 0.3) is 0 Å². The molecule has 0 aromatic heterocycles. The summed E-state index contributed by atoms with van der Waals surface area (Å²) in [6.45, 7) is 4.43. The van der Waals surface area contributed by atoms with Crippen molar-refractivity contribution in [3.8, 4) is 0 Å². The molecule has 4 nitrogen and oxygen atoms in total. The van der Waals surface area contributed by atoms with E-state index >= 15 is 0 Å². The number of halogens is 2. The van der Waals surface area contributed by atoms with Crippen LogP contribution in [0.4, 0.5) is 11.4 Å². The third kappa shape index (κ3) is 4.53. The Morgan fingerprint density at radius 1 is 1.11 bits per heavy atom. The summed E-state index contributed by atoms with van der Waals surface area (Å²) in [7, 11) is 3.79. The quantitative estimate of drug-likeness (QED) is 0.865. The lowest BCUT2D eigenvalue weighted by atomic mass is 10.2. The predicted molar refractivity (Wildman–Crippen MR) is 81.3 cm³/mol. The molecule has 0 spiro atoms. The Balaban J connectivity index is 0.00000144. The number of rotatable bonds is 3. The zero-order valence-electron chi connectivity index (χ0n) is 10.8. The molecule has 1 aliphatic rings. The first-order chi connectivity index (χ1) is 7.79. The van der Waals surface area contributed by atoms with Crippen LogP contribution < -0.4 is 10.4 Å². The summed E-state index contributed by atoms with van der Waals surface area (Å²) in [5.41, 5.74) is 5.12. The highest BCUT2D eigenvalue weighted by molar-refractivity contribution is 5.85. The van der Waals surface area contributed by atoms with Crippen LogP contribution in [-0.4, -0.2) is 45.2 Å². The van der Waals surface area contributed by atoms with Gasteiger partial charge in [0.1, 0.15) is 0 Å². The maximum Gasteiger partial charge on any atom is 0.0636 e. The second kappa shape index (κ2) is 8.43. The van der Waals surface area contributed by atoms with Crippen LogP contribution in [-0.2, 0) is 4.84 Å². The van der Waals surface area contributed by atoms with Gasteiger partial charge in [-0.2, -0.15) is 0 Å². The van der Waals surface area contributed by atoms with Crippen LogP contribution in [0.3, 0.4) is 0 Å². The zero-order chi connectivity index (χ0) is 11.4. The second-order valence-electron chi connectivity index (χ2n) is 4.15. The van der Waals surface area contributed by atoms with Gasteiger partial charge in [0, 0.05) is 31.9 Å². The summed E-state index contributed by atoms with van der Waals surface area (Å²) < 4.78 is 0. The van der Waals surface area contributed by atoms with Gasteiger partial charge in [0.05, 0.1) is 12.8 Å². The van der Waals surface area contributed by atoms with Crippen molar-refractivity contribution < 1.29 is 4.84 Å². The first-order valence-electron chi connectivity index (χ1n) is 5.62. The molecule has 0 aliphatic carbocycles. The van der Waals surface area contributed by atoms with Gasteiger partial charge in [-0.25, -0.2) is 0 Å². The maximum absolute atomic E-state index is 4.91. The number of piperazine rings is 1. The average Bonchev–Trinajstić information content (AvgIpc) is 2.31. The molecule has 104 valence electrons. The van der Waals surface area contributed by atoms with Gasteiger partial charge in [-0.15, -0.1) is 24.8 Å². The molecule has 1 N–H and O–H groups in total. The largest absolute Gasteiger partial charge is 0.369 e. The van der Waals surface area contributed by atoms with Crippen molar-refractivity contribution in [3.05, 3.63) is 24.3 Å². The van der Waals surface area contributed by atoms with Crippen molar-refractivity contribution in [3.63, 3.8) is 0 Å². The molecule has 0 unspecified atom stereocenters. The molecular weight excluding hydrogens is 273 g/mol. The van der Waals surface area contributed by atoms with E-state index in [9.17, 15) is 0 Å². The van der Waals surface area contributed by atoms with E-state index in [2.05, 4.69) is 40.5 Å². The number of nitrogens with zero attached hydrogens (tertiary/aromatic N) is 2. The summed E-state index contributed by atoms with van der Waals surface area (Å²) in [4.78, 5) is 9.67. The third-order valence-electron chi connectivity index (χ3n) is 2.93. The Bertz CT molecular complexity index is 344. The fourth-order valence-electron chi connectivity index (χ4n) is 1.95. The van der Waals surface area contributed by atoms with Crippen molar-refractivity contribution >= 4 is 36.2 Å². The van der Waals surface area contributed by atoms with Gasteiger partial charge >= 0.3 is 0 Å². The molecule has 18 heavy (non-hydrogen) atoms. The summed E-state index contributed by atoms with van der Waals surface area (Å²) in [6.07, 6.45) is 0. The van der Waals surface area contributed by atoms with Crippen molar-refractivity contribution in [2.45, 2.75) is 0 Å². The highest BCUT2D eigenvalue weighted by atomic mass is 35.5. The molecule has 1 fully saturated rings. The predicted octanol–water partition coefficient (Wildman–Crippen LogP) is 2.26. The smallest absolute Gasteiger partial charge is 0.0636 e. The minimum Gasteiger partial charge on any atom is -0.369 e. The van der Waals surface area contributed by atoms with E-state index in [-0.39, 0.29) is 24.8 Å². The third-order valence-corrected chi connectivity index (χ3v) is 2.93. The molecule has 1 aliphatic heterocycles. The maximum atomic E-state index is 4.91. The fraction of sp³-hybridized carbons (Fsp3) is 0.500. The van der Waals surface area contributed by atoms with E-state index in [0.717, 1.165) is 31.9 Å². The van der Waals surface area contributed by atoms with Crippen LogP contribution in [0.15, 0.2) is 24.3 Å². The van der Waals surface area contributed by atoms with E-state index in [1.807, 2.05) is 6.07 Å². The van der Waals surface area contributed by atoms with Crippen LogP contribution in [0.25, 0.3) is 0 Å². The van der Waals surface area contributed by atoms with E-state index in [0.29, 0.717) is 0 Å². The standard InChI is InChI=1S/C12H19N3O.2ClH/c1-14-6-8-15(9-7-14)12-5-3-4-11(10-12)13-16-2;;/h3-5,10,13H,6-9H2,1-2H3;2*1H. The molecule has 1 saturated heterocycles. The van der Waals surface area contributed by atoms with Crippen LogP contribution in [0.1, 0.15) is 0 Å². The summed E-state index contributed by atoms with van der Waals surface area (Å²) >= 11 is 0. The lowest BCUT2D eigenvalue weighted by Crippen LogP contribution is -2.44. The van der Waals surface area contributed by atoms with Crippen LogP contribution in [0.5, 0.6) is 0 Å².